The van der Waals surface area contributed by atoms with Crippen LogP contribution in [0.4, 0.5) is 4.79 Å². The fourth-order valence-electron chi connectivity index (χ4n) is 3.70. The largest absolute Gasteiger partial charge is 0.493 e. The standard InChI is InChI=1S/C21H25N5O3.CH2O2/c1-4-16(17-13-25-8-5-7-22-20(25)23-17)24-21(27)26-9-6-14-10-18(28-2)19(29-3)11-15(14)12-26;2-1-3/h5,7-8,10-11,13,16H,4,6,9,12H2,1-3H3,(H,24,27);1H,(H,2,3). The third-order valence-corrected chi connectivity index (χ3v) is 5.32. The monoisotopic (exact) mass is 441 g/mol. The first kappa shape index (κ1) is 22.9. The number of benzene rings is 1. The molecule has 32 heavy (non-hydrogen) atoms. The van der Waals surface area contributed by atoms with Crippen molar-refractivity contribution < 1.29 is 24.2 Å². The van der Waals surface area contributed by atoms with Crippen LogP contribution in [0.15, 0.2) is 36.8 Å². The van der Waals surface area contributed by atoms with Gasteiger partial charge in [-0.3, -0.25) is 9.20 Å². The Bertz CT molecular complexity index is 1050. The number of hydrogen-bond acceptors (Lipinski definition) is 6. The van der Waals surface area contributed by atoms with Gasteiger partial charge in [0, 0.05) is 31.7 Å². The molecule has 0 bridgehead atoms. The number of carboxylic acid groups (broad SMARTS) is 1. The van der Waals surface area contributed by atoms with Crippen molar-refractivity contribution in [1.82, 2.24) is 24.6 Å². The lowest BCUT2D eigenvalue weighted by atomic mass is 9.99. The van der Waals surface area contributed by atoms with Crippen molar-refractivity contribution in [2.24, 2.45) is 0 Å². The van der Waals surface area contributed by atoms with Gasteiger partial charge in [0.05, 0.1) is 26.0 Å². The first-order valence-corrected chi connectivity index (χ1v) is 10.2. The Morgan fingerprint density at radius 1 is 1.28 bits per heavy atom. The second kappa shape index (κ2) is 10.5. The molecule has 170 valence electrons. The summed E-state index contributed by atoms with van der Waals surface area (Å²) in [7, 11) is 3.25. The fraction of sp³-hybridized carbons (Fsp3) is 0.364. The van der Waals surface area contributed by atoms with E-state index in [-0.39, 0.29) is 18.5 Å². The van der Waals surface area contributed by atoms with Crippen molar-refractivity contribution in [3.8, 4) is 11.5 Å². The third-order valence-electron chi connectivity index (χ3n) is 5.32. The van der Waals surface area contributed by atoms with Crippen LogP contribution in [0.3, 0.4) is 0 Å². The highest BCUT2D eigenvalue weighted by molar-refractivity contribution is 5.75. The predicted molar refractivity (Wildman–Crippen MR) is 117 cm³/mol. The molecular formula is C22H27N5O5. The van der Waals surface area contributed by atoms with Crippen molar-refractivity contribution in [2.45, 2.75) is 32.4 Å². The minimum absolute atomic E-state index is 0.0951. The highest BCUT2D eigenvalue weighted by Crippen LogP contribution is 2.33. The predicted octanol–water partition coefficient (Wildman–Crippen LogP) is 2.67. The molecule has 2 aromatic heterocycles. The zero-order valence-corrected chi connectivity index (χ0v) is 18.3. The van der Waals surface area contributed by atoms with E-state index in [1.165, 1.54) is 5.56 Å². The Hall–Kier alpha value is -3.82. The molecule has 0 saturated carbocycles. The highest BCUT2D eigenvalue weighted by atomic mass is 16.5. The van der Waals surface area contributed by atoms with Gasteiger partial charge in [0.25, 0.3) is 6.47 Å². The summed E-state index contributed by atoms with van der Waals surface area (Å²) in [5.41, 5.74) is 3.07. The molecule has 1 unspecified atom stereocenters. The van der Waals surface area contributed by atoms with E-state index in [0.29, 0.717) is 24.6 Å². The Morgan fingerprint density at radius 3 is 2.59 bits per heavy atom. The molecule has 10 heteroatoms. The SMILES string of the molecule is CCC(NC(=O)N1CCc2cc(OC)c(OC)cc2C1)c1cn2cccnc2n1.O=CO. The Kier molecular flexibility index (Phi) is 7.48. The molecule has 3 aromatic rings. The van der Waals surface area contributed by atoms with Crippen LogP contribution in [0.5, 0.6) is 11.5 Å². The molecule has 4 rings (SSSR count). The van der Waals surface area contributed by atoms with E-state index < -0.39 is 0 Å². The van der Waals surface area contributed by atoms with Crippen LogP contribution in [-0.4, -0.2) is 57.6 Å². The summed E-state index contributed by atoms with van der Waals surface area (Å²) in [6.07, 6.45) is 7.04. The molecule has 2 N–H and O–H groups in total. The van der Waals surface area contributed by atoms with Crippen LogP contribution in [0.2, 0.25) is 0 Å². The maximum Gasteiger partial charge on any atom is 0.318 e. The maximum absolute atomic E-state index is 13.0. The number of ether oxygens (including phenoxy) is 2. The van der Waals surface area contributed by atoms with Crippen LogP contribution in [0.25, 0.3) is 5.78 Å². The number of rotatable bonds is 5. The van der Waals surface area contributed by atoms with Crippen molar-refractivity contribution in [1.29, 1.82) is 0 Å². The van der Waals surface area contributed by atoms with Crippen molar-refractivity contribution in [3.05, 3.63) is 53.6 Å². The fourth-order valence-corrected chi connectivity index (χ4v) is 3.70. The summed E-state index contributed by atoms with van der Waals surface area (Å²) in [5, 5.41) is 10.0. The molecule has 0 spiro atoms. The molecule has 0 saturated heterocycles. The molecular weight excluding hydrogens is 414 g/mol. The molecule has 1 atom stereocenters. The van der Waals surface area contributed by atoms with Crippen molar-refractivity contribution in [3.63, 3.8) is 0 Å². The minimum atomic E-state index is -0.250. The molecule has 0 aliphatic carbocycles. The topological polar surface area (TPSA) is 118 Å². The van der Waals surface area contributed by atoms with Gasteiger partial charge < -0.3 is 24.8 Å². The molecule has 3 heterocycles. The first-order chi connectivity index (χ1) is 15.5. The second-order valence-corrected chi connectivity index (χ2v) is 7.16. The zero-order chi connectivity index (χ0) is 23.1. The molecule has 1 aliphatic heterocycles. The molecule has 1 aliphatic rings. The number of urea groups is 1. The lowest BCUT2D eigenvalue weighted by Crippen LogP contribution is -2.44. The van der Waals surface area contributed by atoms with Crippen LogP contribution in [-0.2, 0) is 17.8 Å². The number of nitrogens with zero attached hydrogens (tertiary/aromatic N) is 4. The zero-order valence-electron chi connectivity index (χ0n) is 18.3. The lowest BCUT2D eigenvalue weighted by Gasteiger charge is -2.31. The number of carbonyl (C=O) groups is 2. The normalized spacial score (nSPS) is 13.4. The average Bonchev–Trinajstić information content (AvgIpc) is 3.25. The number of carbonyl (C=O) groups excluding carboxylic acids is 1. The van der Waals surface area contributed by atoms with Crippen molar-refractivity contribution in [2.75, 3.05) is 20.8 Å². The van der Waals surface area contributed by atoms with Gasteiger partial charge >= 0.3 is 6.03 Å². The second-order valence-electron chi connectivity index (χ2n) is 7.16. The van der Waals surface area contributed by atoms with Gasteiger partial charge in [0.15, 0.2) is 11.5 Å². The third kappa shape index (κ3) is 4.90. The molecule has 0 radical (unpaired) electrons. The Balaban J connectivity index is 0.000000913. The van der Waals surface area contributed by atoms with E-state index in [4.69, 9.17) is 19.4 Å². The van der Waals surface area contributed by atoms with Crippen LogP contribution in [0, 0.1) is 0 Å². The quantitative estimate of drug-likeness (QED) is 0.584. The maximum atomic E-state index is 13.0. The summed E-state index contributed by atoms with van der Waals surface area (Å²) >= 11 is 0. The summed E-state index contributed by atoms with van der Waals surface area (Å²) in [6.45, 7) is 2.97. The molecule has 2 amide bonds. The number of imidazole rings is 1. The number of methoxy groups -OCH3 is 2. The van der Waals surface area contributed by atoms with Gasteiger partial charge in [-0.2, -0.15) is 0 Å². The Labute approximate surface area is 185 Å². The highest BCUT2D eigenvalue weighted by Gasteiger charge is 2.25. The summed E-state index contributed by atoms with van der Waals surface area (Å²) in [4.78, 5) is 31.9. The smallest absolute Gasteiger partial charge is 0.318 e. The number of aromatic nitrogens is 3. The summed E-state index contributed by atoms with van der Waals surface area (Å²) in [6, 6.07) is 5.55. The van der Waals surface area contributed by atoms with Gasteiger partial charge in [0.2, 0.25) is 5.78 Å². The van der Waals surface area contributed by atoms with Gasteiger partial charge in [0.1, 0.15) is 0 Å². The van der Waals surface area contributed by atoms with Crippen LogP contribution < -0.4 is 14.8 Å². The Morgan fingerprint density at radius 2 is 1.97 bits per heavy atom. The molecule has 0 fully saturated rings. The van der Waals surface area contributed by atoms with Gasteiger partial charge in [-0.25, -0.2) is 14.8 Å². The summed E-state index contributed by atoms with van der Waals surface area (Å²) < 4.78 is 12.7. The summed E-state index contributed by atoms with van der Waals surface area (Å²) in [5.74, 6) is 2.02. The number of fused-ring (bicyclic) bond motifs is 2. The van der Waals surface area contributed by atoms with Gasteiger partial charge in [-0.1, -0.05) is 6.92 Å². The van der Waals surface area contributed by atoms with Crippen LogP contribution in [0.1, 0.15) is 36.2 Å². The van der Waals surface area contributed by atoms with E-state index in [9.17, 15) is 4.79 Å². The number of hydrogen-bond donors (Lipinski definition) is 2. The first-order valence-electron chi connectivity index (χ1n) is 10.2. The van der Waals surface area contributed by atoms with E-state index in [0.717, 1.165) is 29.8 Å². The average molecular weight is 441 g/mol. The van der Waals surface area contributed by atoms with E-state index >= 15 is 0 Å². The van der Waals surface area contributed by atoms with Crippen LogP contribution >= 0.6 is 0 Å². The van der Waals surface area contributed by atoms with Gasteiger partial charge in [-0.15, -0.1) is 0 Å². The van der Waals surface area contributed by atoms with E-state index in [2.05, 4.69) is 15.3 Å². The molecule has 1 aromatic carbocycles. The number of amides is 2. The van der Waals surface area contributed by atoms with Crippen molar-refractivity contribution >= 4 is 18.3 Å². The lowest BCUT2D eigenvalue weighted by molar-refractivity contribution is -0.122. The van der Waals surface area contributed by atoms with E-state index in [1.54, 1.807) is 20.4 Å². The minimum Gasteiger partial charge on any atom is -0.493 e. The number of nitrogens with one attached hydrogen (secondary N) is 1. The molecule has 10 nitrogen and oxygen atoms in total. The van der Waals surface area contributed by atoms with Gasteiger partial charge in [-0.05, 0) is 42.2 Å². The van der Waals surface area contributed by atoms with E-state index in [1.807, 2.05) is 46.8 Å².